The summed E-state index contributed by atoms with van der Waals surface area (Å²) < 4.78 is 31.6. The first-order chi connectivity index (χ1) is 6.00. The number of rotatable bonds is 1. The Balaban J connectivity index is -0.000000131. The number of aliphatic hydroxyl groups is 1. The van der Waals surface area contributed by atoms with Crippen molar-refractivity contribution in [2.75, 3.05) is 0 Å². The summed E-state index contributed by atoms with van der Waals surface area (Å²) in [5.74, 6) is -0.481. The number of nitrogens with two attached hydrogens (primary N) is 1. The highest BCUT2D eigenvalue weighted by Crippen LogP contribution is 1.65. The number of hydrogen-bond donors (Lipinski definition) is 4. The van der Waals surface area contributed by atoms with Crippen LogP contribution in [0.25, 0.3) is 0 Å². The Kier molecular flexibility index (Phi) is 13.6. The maximum absolute atomic E-state index is 9.47. The summed E-state index contributed by atoms with van der Waals surface area (Å²) in [4.78, 5) is 9.47. The summed E-state index contributed by atoms with van der Waals surface area (Å²) in [6.45, 7) is 6.53. The van der Waals surface area contributed by atoms with Crippen LogP contribution in [0.15, 0.2) is 12.7 Å². The minimum Gasteiger partial charge on any atom is -0.394 e. The lowest BCUT2D eigenvalue weighted by Gasteiger charge is -1.80. The fraction of sp³-hybridized carbons (Fsp3) is 0.500. The minimum absolute atomic E-state index is 0.167. The molecule has 0 aromatic rings. The van der Waals surface area contributed by atoms with E-state index in [2.05, 4.69) is 12.3 Å². The van der Waals surface area contributed by atoms with Crippen LogP contribution < -0.4 is 5.73 Å². The third kappa shape index (κ3) is 1030. The highest BCUT2D eigenvalue weighted by molar-refractivity contribution is 7.79. The molecule has 7 nitrogen and oxygen atoms in total. The van der Waals surface area contributed by atoms with E-state index in [1.54, 1.807) is 13.8 Å². The van der Waals surface area contributed by atoms with Crippen molar-refractivity contribution < 1.29 is 27.4 Å². The SMILES string of the molecule is C=CC(N)=O.CC(C)O.O=S(=O)(O)O. The van der Waals surface area contributed by atoms with Gasteiger partial charge in [-0.2, -0.15) is 8.42 Å². The van der Waals surface area contributed by atoms with Gasteiger partial charge < -0.3 is 10.8 Å². The first kappa shape index (κ1) is 18.8. The average molecular weight is 229 g/mol. The van der Waals surface area contributed by atoms with Crippen LogP contribution in [0.1, 0.15) is 13.8 Å². The molecule has 0 saturated heterocycles. The Labute approximate surface area is 82.8 Å². The van der Waals surface area contributed by atoms with Crippen LogP contribution in [-0.4, -0.2) is 34.6 Å². The van der Waals surface area contributed by atoms with E-state index in [1.165, 1.54) is 0 Å². The molecule has 0 unspecified atom stereocenters. The van der Waals surface area contributed by atoms with Gasteiger partial charge in [-0.15, -0.1) is 0 Å². The number of carbonyl (C=O) groups excluding carboxylic acids is 1. The zero-order valence-electron chi connectivity index (χ0n) is 7.91. The fourth-order valence-corrected chi connectivity index (χ4v) is 0. The van der Waals surface area contributed by atoms with E-state index in [9.17, 15) is 4.79 Å². The van der Waals surface area contributed by atoms with Crippen molar-refractivity contribution in [2.45, 2.75) is 20.0 Å². The van der Waals surface area contributed by atoms with Crippen molar-refractivity contribution in [2.24, 2.45) is 5.73 Å². The normalized spacial score (nSPS) is 9.00. The summed E-state index contributed by atoms with van der Waals surface area (Å²) in [6.07, 6.45) is 0.889. The second-order valence-electron chi connectivity index (χ2n) is 2.15. The molecule has 0 aliphatic rings. The van der Waals surface area contributed by atoms with Crippen molar-refractivity contribution in [3.05, 3.63) is 12.7 Å². The molecule has 86 valence electrons. The number of amides is 1. The Bertz CT molecular complexity index is 234. The average Bonchev–Trinajstić information content (AvgIpc) is 1.82. The molecule has 5 N–H and O–H groups in total. The van der Waals surface area contributed by atoms with Crippen LogP contribution in [0, 0.1) is 0 Å². The molecule has 1 amide bonds. The molecule has 0 rings (SSSR count). The molecule has 0 bridgehead atoms. The molecule has 0 fully saturated rings. The van der Waals surface area contributed by atoms with Crippen LogP contribution in [-0.2, 0) is 15.2 Å². The molecule has 14 heavy (non-hydrogen) atoms. The van der Waals surface area contributed by atoms with E-state index in [1.807, 2.05) is 0 Å². The lowest BCUT2D eigenvalue weighted by Crippen LogP contribution is -2.04. The highest BCUT2D eigenvalue weighted by Gasteiger charge is 1.84. The first-order valence-electron chi connectivity index (χ1n) is 3.30. The van der Waals surface area contributed by atoms with Crippen LogP contribution in [0.5, 0.6) is 0 Å². The summed E-state index contributed by atoms with van der Waals surface area (Å²) in [7, 11) is -4.67. The zero-order chi connectivity index (χ0) is 12.4. The van der Waals surface area contributed by atoms with Crippen LogP contribution >= 0.6 is 0 Å². The van der Waals surface area contributed by atoms with Crippen LogP contribution in [0.4, 0.5) is 0 Å². The molecule has 8 heteroatoms. The smallest absolute Gasteiger partial charge is 0.394 e. The first-order valence-corrected chi connectivity index (χ1v) is 4.70. The Morgan fingerprint density at radius 1 is 1.43 bits per heavy atom. The van der Waals surface area contributed by atoms with Gasteiger partial charge in [-0.05, 0) is 19.9 Å². The van der Waals surface area contributed by atoms with Crippen LogP contribution in [0.3, 0.4) is 0 Å². The van der Waals surface area contributed by atoms with E-state index in [4.69, 9.17) is 22.6 Å². The Hall–Kier alpha value is -0.960. The maximum atomic E-state index is 9.47. The predicted molar refractivity (Wildman–Crippen MR) is 50.9 cm³/mol. The second kappa shape index (κ2) is 10.1. The number of carbonyl (C=O) groups is 1. The number of aliphatic hydroxyl groups excluding tert-OH is 1. The van der Waals surface area contributed by atoms with Gasteiger partial charge >= 0.3 is 10.4 Å². The third-order valence-corrected chi connectivity index (χ3v) is 0.201. The van der Waals surface area contributed by atoms with E-state index in [-0.39, 0.29) is 6.10 Å². The monoisotopic (exact) mass is 229 g/mol. The molecule has 0 aromatic carbocycles. The number of primary amides is 1. The van der Waals surface area contributed by atoms with Crippen molar-refractivity contribution in [1.82, 2.24) is 0 Å². The van der Waals surface area contributed by atoms with Gasteiger partial charge in [-0.25, -0.2) is 0 Å². The lowest BCUT2D eigenvalue weighted by atomic mass is 10.5. The third-order valence-electron chi connectivity index (χ3n) is 0.201. The molecule has 0 aliphatic carbocycles. The molecule has 0 aliphatic heterocycles. The zero-order valence-corrected chi connectivity index (χ0v) is 8.73. The molecule has 0 saturated carbocycles. The van der Waals surface area contributed by atoms with Gasteiger partial charge in [0.25, 0.3) is 0 Å². The van der Waals surface area contributed by atoms with Gasteiger partial charge in [-0.1, -0.05) is 6.58 Å². The minimum atomic E-state index is -4.67. The topological polar surface area (TPSA) is 138 Å². The van der Waals surface area contributed by atoms with E-state index >= 15 is 0 Å². The largest absolute Gasteiger partial charge is 0.394 e. The van der Waals surface area contributed by atoms with E-state index in [0.29, 0.717) is 0 Å². The summed E-state index contributed by atoms with van der Waals surface area (Å²) in [5.41, 5.74) is 4.53. The quantitative estimate of drug-likeness (QED) is 0.349. The van der Waals surface area contributed by atoms with Gasteiger partial charge in [0, 0.05) is 6.10 Å². The second-order valence-corrected chi connectivity index (χ2v) is 3.04. The molecule has 0 radical (unpaired) electrons. The fourth-order valence-electron chi connectivity index (χ4n) is 0. The highest BCUT2D eigenvalue weighted by atomic mass is 32.3. The molecule has 0 aromatic heterocycles. The van der Waals surface area contributed by atoms with Crippen molar-refractivity contribution in [1.29, 1.82) is 0 Å². The van der Waals surface area contributed by atoms with Gasteiger partial charge in [-0.3, -0.25) is 13.9 Å². The van der Waals surface area contributed by atoms with Crippen molar-refractivity contribution in [3.8, 4) is 0 Å². The lowest BCUT2D eigenvalue weighted by molar-refractivity contribution is -0.113. The van der Waals surface area contributed by atoms with E-state index < -0.39 is 16.3 Å². The Morgan fingerprint density at radius 2 is 1.50 bits per heavy atom. The molecule has 0 heterocycles. The van der Waals surface area contributed by atoms with Crippen molar-refractivity contribution >= 4 is 16.3 Å². The summed E-state index contributed by atoms with van der Waals surface area (Å²) in [5, 5.41) is 8.06. The maximum Gasteiger partial charge on any atom is 0.394 e. The number of hydrogen-bond acceptors (Lipinski definition) is 4. The standard InChI is InChI=1S/C3H5NO.C3H8O.H2O4S/c1-2-3(4)5;1-3(2)4;1-5(2,3)4/h2H,1H2,(H2,4,5);3-4H,1-2H3;(H2,1,2,3,4). The van der Waals surface area contributed by atoms with Gasteiger partial charge in [0.1, 0.15) is 0 Å². The molecule has 0 atom stereocenters. The van der Waals surface area contributed by atoms with Gasteiger partial charge in [0.15, 0.2) is 0 Å². The van der Waals surface area contributed by atoms with Gasteiger partial charge in [0.05, 0.1) is 0 Å². The van der Waals surface area contributed by atoms with Crippen LogP contribution in [0.2, 0.25) is 0 Å². The summed E-state index contributed by atoms with van der Waals surface area (Å²) in [6, 6.07) is 0. The molecular weight excluding hydrogens is 214 g/mol. The molecular formula is C6H15NO6S. The van der Waals surface area contributed by atoms with Crippen molar-refractivity contribution in [3.63, 3.8) is 0 Å². The van der Waals surface area contributed by atoms with E-state index in [0.717, 1.165) is 6.08 Å². The predicted octanol–water partition coefficient (Wildman–Crippen LogP) is -0.608. The summed E-state index contributed by atoms with van der Waals surface area (Å²) >= 11 is 0. The Morgan fingerprint density at radius 3 is 1.50 bits per heavy atom. The molecule has 0 spiro atoms. The van der Waals surface area contributed by atoms with Gasteiger partial charge in [0.2, 0.25) is 5.91 Å².